The van der Waals surface area contributed by atoms with E-state index < -0.39 is 40.5 Å². The minimum absolute atomic E-state index is 0.0668. The van der Waals surface area contributed by atoms with Gasteiger partial charge in [-0.3, -0.25) is 14.2 Å². The van der Waals surface area contributed by atoms with Gasteiger partial charge in [0.2, 0.25) is 5.91 Å². The van der Waals surface area contributed by atoms with E-state index in [4.69, 9.17) is 21.4 Å². The van der Waals surface area contributed by atoms with Gasteiger partial charge in [0.1, 0.15) is 17.5 Å². The normalized spacial score (nSPS) is 17.7. The van der Waals surface area contributed by atoms with E-state index in [0.29, 0.717) is 22.5 Å². The predicted molar refractivity (Wildman–Crippen MR) is 145 cm³/mol. The van der Waals surface area contributed by atoms with Gasteiger partial charge in [-0.2, -0.15) is 0 Å². The molecule has 1 amide bonds. The number of halogens is 3. The Bertz CT molecular complexity index is 1560. The first-order valence-electron chi connectivity index (χ1n) is 12.2. The first-order chi connectivity index (χ1) is 18.9. The molecule has 0 aliphatic heterocycles. The van der Waals surface area contributed by atoms with E-state index in [1.165, 1.54) is 52.9 Å². The topological polar surface area (TPSA) is 128 Å². The Kier molecular flexibility index (Phi) is 8.19. The van der Waals surface area contributed by atoms with Crippen LogP contribution in [0.2, 0.25) is 0 Å². The summed E-state index contributed by atoms with van der Waals surface area (Å²) in [5, 5.41) is 19.1. The van der Waals surface area contributed by atoms with Crippen molar-refractivity contribution in [2.24, 2.45) is 0 Å². The number of anilines is 1. The van der Waals surface area contributed by atoms with E-state index in [0.717, 1.165) is 6.20 Å². The van der Waals surface area contributed by atoms with E-state index in [2.05, 4.69) is 15.6 Å². The largest absolute Gasteiger partial charge is 0.495 e. The van der Waals surface area contributed by atoms with E-state index in [9.17, 15) is 23.2 Å². The fourth-order valence-electron chi connectivity index (χ4n) is 4.39. The second-order valence-corrected chi connectivity index (χ2v) is 10.2. The van der Waals surface area contributed by atoms with E-state index in [1.54, 1.807) is 26.0 Å². The number of hydrogen-bond donors (Lipinski definition) is 2. The molecule has 40 heavy (non-hydrogen) atoms. The molecule has 2 heterocycles. The van der Waals surface area contributed by atoms with Gasteiger partial charge in [0.25, 0.3) is 12.0 Å². The number of carboxylic acids is 1. The number of nitrogens with zero attached hydrogens (tertiary/aromatic N) is 4. The number of methoxy groups -OCH3 is 1. The molecule has 0 saturated carbocycles. The number of rotatable bonds is 9. The summed E-state index contributed by atoms with van der Waals surface area (Å²) in [6.45, 7) is 3.50. The number of alkyl halides is 3. The van der Waals surface area contributed by atoms with Crippen molar-refractivity contribution in [3.63, 3.8) is 0 Å². The Labute approximate surface area is 232 Å². The first kappa shape index (κ1) is 28.7. The molecule has 13 heteroatoms. The Morgan fingerprint density at radius 2 is 1.95 bits per heavy atom. The number of allylic oxidation sites excluding steroid dienone is 4. The van der Waals surface area contributed by atoms with E-state index in [-0.39, 0.29) is 24.2 Å². The summed E-state index contributed by atoms with van der Waals surface area (Å²) in [4.78, 5) is 36.8. The maximum atomic E-state index is 13.4. The minimum atomic E-state index is -2.81. The van der Waals surface area contributed by atoms with Crippen LogP contribution in [-0.4, -0.2) is 48.5 Å². The summed E-state index contributed by atoms with van der Waals surface area (Å²) in [6, 6.07) is 6.02. The van der Waals surface area contributed by atoms with Crippen molar-refractivity contribution in [1.29, 1.82) is 0 Å². The predicted octanol–water partition coefficient (Wildman–Crippen LogP) is 5.00. The Morgan fingerprint density at radius 1 is 1.25 bits per heavy atom. The van der Waals surface area contributed by atoms with Gasteiger partial charge in [-0.05, 0) is 55.7 Å². The molecular formula is C27H26ClF2N5O5. The Balaban J connectivity index is 1.74. The van der Waals surface area contributed by atoms with Crippen LogP contribution < -0.4 is 15.6 Å². The minimum Gasteiger partial charge on any atom is -0.495 e. The fraction of sp³-hybridized carbons (Fsp3) is 0.296. The van der Waals surface area contributed by atoms with Crippen LogP contribution in [0.1, 0.15) is 60.8 Å². The summed E-state index contributed by atoms with van der Waals surface area (Å²) >= 11 is 6.61. The molecule has 0 bridgehead atoms. The summed E-state index contributed by atoms with van der Waals surface area (Å²) in [5.41, 5.74) is 0.692. The summed E-state index contributed by atoms with van der Waals surface area (Å²) in [7, 11) is 1.40. The van der Waals surface area contributed by atoms with Crippen molar-refractivity contribution in [3.8, 4) is 5.75 Å². The number of carboxylic acid groups (broad SMARTS) is 1. The molecule has 10 nitrogen and oxygen atoms in total. The van der Waals surface area contributed by atoms with Crippen LogP contribution in [0.25, 0.3) is 11.3 Å². The molecule has 4 rings (SSSR count). The number of aromatic carboxylic acids is 1. The van der Waals surface area contributed by atoms with Gasteiger partial charge in [0, 0.05) is 17.3 Å². The van der Waals surface area contributed by atoms with Gasteiger partial charge in [-0.1, -0.05) is 18.2 Å². The second-order valence-electron chi connectivity index (χ2n) is 9.34. The molecule has 0 fully saturated rings. The SMILES string of the molecule is CCC(C(=O)Nc1ccc(C(=O)O)cc1)n1cc(OC)c(C2=C(n3cc(C(F)F)nn3)C=CC(C)(Cl)C2)cc1=O. The Morgan fingerprint density at radius 3 is 2.52 bits per heavy atom. The van der Waals surface area contributed by atoms with Crippen LogP contribution in [-0.2, 0) is 4.79 Å². The van der Waals surface area contributed by atoms with Crippen LogP contribution in [0.4, 0.5) is 14.5 Å². The molecule has 2 aromatic heterocycles. The molecule has 0 saturated heterocycles. The molecular weight excluding hydrogens is 548 g/mol. The van der Waals surface area contributed by atoms with Gasteiger partial charge in [0.05, 0.1) is 35.6 Å². The molecule has 2 atom stereocenters. The van der Waals surface area contributed by atoms with Gasteiger partial charge < -0.3 is 15.2 Å². The molecule has 1 aromatic carbocycles. The van der Waals surface area contributed by atoms with Crippen molar-refractivity contribution in [2.45, 2.75) is 44.0 Å². The quantitative estimate of drug-likeness (QED) is 0.345. The summed E-state index contributed by atoms with van der Waals surface area (Å²) in [5.74, 6) is -1.33. The molecule has 1 aliphatic rings. The molecule has 0 spiro atoms. The standard InChI is InChI=1S/C27H26ClF2N5O5/c1-4-20(25(37)31-16-7-5-15(6-8-16)26(38)39)34-14-22(40-3)17(11-23(34)36)18-12-27(2,28)10-9-21(18)35-13-19(24(29)30)32-33-35/h5-11,13-14,20,24H,4,12H2,1-3H3,(H,31,37)(H,38,39). The number of hydrogen-bond acceptors (Lipinski definition) is 6. The van der Waals surface area contributed by atoms with Crippen molar-refractivity contribution in [3.05, 3.63) is 82.1 Å². The van der Waals surface area contributed by atoms with Gasteiger partial charge in [0.15, 0.2) is 0 Å². The fourth-order valence-corrected chi connectivity index (χ4v) is 4.59. The van der Waals surface area contributed by atoms with Crippen LogP contribution >= 0.6 is 11.6 Å². The number of carbonyl (C=O) groups excluding carboxylic acids is 1. The monoisotopic (exact) mass is 573 g/mol. The maximum absolute atomic E-state index is 13.4. The zero-order valence-electron chi connectivity index (χ0n) is 21.8. The maximum Gasteiger partial charge on any atom is 0.335 e. The van der Waals surface area contributed by atoms with Gasteiger partial charge in [-0.25, -0.2) is 18.3 Å². The molecule has 1 aliphatic carbocycles. The highest BCUT2D eigenvalue weighted by Crippen LogP contribution is 2.41. The summed E-state index contributed by atoms with van der Waals surface area (Å²) < 4.78 is 34.4. The van der Waals surface area contributed by atoms with Crippen LogP contribution in [0.5, 0.6) is 5.75 Å². The molecule has 3 aromatic rings. The number of carbonyl (C=O) groups is 2. The zero-order chi connectivity index (χ0) is 29.2. The highest BCUT2D eigenvalue weighted by molar-refractivity contribution is 6.26. The number of benzene rings is 1. The lowest BCUT2D eigenvalue weighted by atomic mass is 9.88. The third-order valence-corrected chi connectivity index (χ3v) is 6.68. The lowest BCUT2D eigenvalue weighted by molar-refractivity contribution is -0.119. The second kappa shape index (κ2) is 11.4. The van der Waals surface area contributed by atoms with Crippen molar-refractivity contribution in [1.82, 2.24) is 19.6 Å². The van der Waals surface area contributed by atoms with E-state index in [1.807, 2.05) is 0 Å². The number of aromatic nitrogens is 4. The van der Waals surface area contributed by atoms with Gasteiger partial charge in [-0.15, -0.1) is 16.7 Å². The molecule has 2 N–H and O–H groups in total. The van der Waals surface area contributed by atoms with Crippen molar-refractivity contribution >= 4 is 40.4 Å². The average Bonchev–Trinajstić information content (AvgIpc) is 3.40. The number of pyridine rings is 1. The smallest absolute Gasteiger partial charge is 0.335 e. The molecule has 0 radical (unpaired) electrons. The highest BCUT2D eigenvalue weighted by Gasteiger charge is 2.30. The third-order valence-electron chi connectivity index (χ3n) is 6.42. The molecule has 2 unspecified atom stereocenters. The first-order valence-corrected chi connectivity index (χ1v) is 12.6. The number of nitrogens with one attached hydrogen (secondary N) is 1. The lowest BCUT2D eigenvalue weighted by Gasteiger charge is -2.27. The van der Waals surface area contributed by atoms with Crippen LogP contribution in [0.3, 0.4) is 0 Å². The number of ether oxygens (including phenoxy) is 1. The Hall–Kier alpha value is -4.32. The van der Waals surface area contributed by atoms with Crippen LogP contribution in [0.15, 0.2) is 59.7 Å². The number of amides is 1. The summed E-state index contributed by atoms with van der Waals surface area (Å²) in [6.07, 6.45) is 3.51. The molecule has 210 valence electrons. The third kappa shape index (κ3) is 5.96. The van der Waals surface area contributed by atoms with Crippen LogP contribution in [0, 0.1) is 0 Å². The highest BCUT2D eigenvalue weighted by atomic mass is 35.5. The van der Waals surface area contributed by atoms with Gasteiger partial charge >= 0.3 is 5.97 Å². The van der Waals surface area contributed by atoms with Crippen molar-refractivity contribution < 1.29 is 28.2 Å². The lowest BCUT2D eigenvalue weighted by Crippen LogP contribution is -2.33. The van der Waals surface area contributed by atoms with Crippen molar-refractivity contribution in [2.75, 3.05) is 12.4 Å². The zero-order valence-corrected chi connectivity index (χ0v) is 22.5. The average molecular weight is 574 g/mol. The van der Waals surface area contributed by atoms with E-state index >= 15 is 0 Å².